The van der Waals surface area contributed by atoms with E-state index in [1.54, 1.807) is 4.68 Å². The van der Waals surface area contributed by atoms with Crippen LogP contribution in [0.15, 0.2) is 71.8 Å². The van der Waals surface area contributed by atoms with Gasteiger partial charge in [0.15, 0.2) is 5.82 Å². The lowest BCUT2D eigenvalue weighted by atomic mass is 10.1. The average Bonchev–Trinajstić information content (AvgIpc) is 3.01. The van der Waals surface area contributed by atoms with Gasteiger partial charge in [-0.1, -0.05) is 66.7 Å². The molecule has 0 amide bonds. The largest absolute Gasteiger partial charge is 0.250 e. The molecule has 122 valence electrons. The summed E-state index contributed by atoms with van der Waals surface area (Å²) in [4.78, 5) is 0. The Bertz CT molecular complexity index is 1130. The Hall–Kier alpha value is -3.05. The maximum absolute atomic E-state index is 5.36. The van der Waals surface area contributed by atoms with Crippen molar-refractivity contribution in [2.75, 3.05) is 0 Å². The Labute approximate surface area is 150 Å². The third-order valence-corrected chi connectivity index (χ3v) is 4.44. The predicted octanol–water partition coefficient (Wildman–Crippen LogP) is 4.95. The lowest BCUT2D eigenvalue weighted by Gasteiger charge is -2.05. The molecule has 1 N–H and O–H groups in total. The highest BCUT2D eigenvalue weighted by atomic mass is 32.1. The fourth-order valence-electron chi connectivity index (χ4n) is 2.88. The van der Waals surface area contributed by atoms with Gasteiger partial charge in [0.1, 0.15) is 0 Å². The quantitative estimate of drug-likeness (QED) is 0.422. The Balaban J connectivity index is 1.82. The van der Waals surface area contributed by atoms with Crippen LogP contribution < -0.4 is 0 Å². The molecule has 0 saturated carbocycles. The van der Waals surface area contributed by atoms with Crippen LogP contribution in [0.3, 0.4) is 0 Å². The van der Waals surface area contributed by atoms with Gasteiger partial charge in [0, 0.05) is 11.1 Å². The number of aryl methyl sites for hydroxylation is 1. The first-order chi connectivity index (χ1) is 12.2. The monoisotopic (exact) mass is 344 g/mol. The van der Waals surface area contributed by atoms with Crippen molar-refractivity contribution in [1.82, 2.24) is 14.9 Å². The molecule has 5 heteroatoms. The number of benzene rings is 3. The highest BCUT2D eigenvalue weighted by molar-refractivity contribution is 7.71. The van der Waals surface area contributed by atoms with Crippen molar-refractivity contribution in [1.29, 1.82) is 0 Å². The molecular weight excluding hydrogens is 328 g/mol. The molecule has 0 radical (unpaired) electrons. The highest BCUT2D eigenvalue weighted by Gasteiger charge is 2.10. The van der Waals surface area contributed by atoms with Gasteiger partial charge >= 0.3 is 0 Å². The molecule has 1 aromatic heterocycles. The molecule has 0 saturated heterocycles. The van der Waals surface area contributed by atoms with E-state index in [1.807, 2.05) is 61.7 Å². The summed E-state index contributed by atoms with van der Waals surface area (Å²) in [5, 5.41) is 14.1. The van der Waals surface area contributed by atoms with Crippen molar-refractivity contribution >= 4 is 29.2 Å². The SMILES string of the molecule is Cc1ccccc1-c1n[nH]c(=S)n1/N=C/c1cccc2ccccc12. The summed E-state index contributed by atoms with van der Waals surface area (Å²) < 4.78 is 2.13. The van der Waals surface area contributed by atoms with Crippen LogP contribution >= 0.6 is 12.2 Å². The van der Waals surface area contributed by atoms with Crippen molar-refractivity contribution in [3.8, 4) is 11.4 Å². The smallest absolute Gasteiger partial charge is 0.216 e. The van der Waals surface area contributed by atoms with Gasteiger partial charge in [-0.2, -0.15) is 14.9 Å². The van der Waals surface area contributed by atoms with E-state index in [4.69, 9.17) is 12.2 Å². The molecule has 0 fully saturated rings. The fourth-order valence-corrected chi connectivity index (χ4v) is 3.06. The molecule has 0 bridgehead atoms. The van der Waals surface area contributed by atoms with Crippen LogP contribution in [0, 0.1) is 11.7 Å². The van der Waals surface area contributed by atoms with E-state index in [1.165, 1.54) is 5.39 Å². The summed E-state index contributed by atoms with van der Waals surface area (Å²) in [5.41, 5.74) is 3.17. The summed E-state index contributed by atoms with van der Waals surface area (Å²) in [6, 6.07) is 22.5. The van der Waals surface area contributed by atoms with Crippen LogP contribution in [0.5, 0.6) is 0 Å². The lowest BCUT2D eigenvalue weighted by molar-refractivity contribution is 0.871. The van der Waals surface area contributed by atoms with E-state index >= 15 is 0 Å². The van der Waals surface area contributed by atoms with Crippen LogP contribution in [-0.4, -0.2) is 21.1 Å². The zero-order valence-electron chi connectivity index (χ0n) is 13.7. The number of aromatic amines is 1. The third kappa shape index (κ3) is 2.90. The molecule has 4 rings (SSSR count). The van der Waals surface area contributed by atoms with Crippen LogP contribution in [0.2, 0.25) is 0 Å². The van der Waals surface area contributed by atoms with Crippen LogP contribution in [-0.2, 0) is 0 Å². The van der Waals surface area contributed by atoms with E-state index in [-0.39, 0.29) is 0 Å². The summed E-state index contributed by atoms with van der Waals surface area (Å²) in [5.74, 6) is 0.708. The van der Waals surface area contributed by atoms with Gasteiger partial charge in [0.05, 0.1) is 6.21 Å². The maximum Gasteiger partial charge on any atom is 0.216 e. The average molecular weight is 344 g/mol. The Morgan fingerprint density at radius 1 is 1.00 bits per heavy atom. The number of nitrogens with one attached hydrogen (secondary N) is 1. The fraction of sp³-hybridized carbons (Fsp3) is 0.0500. The summed E-state index contributed by atoms with van der Waals surface area (Å²) in [6.07, 6.45) is 1.83. The number of aromatic nitrogens is 3. The molecule has 25 heavy (non-hydrogen) atoms. The molecule has 0 aliphatic heterocycles. The number of H-pyrrole nitrogens is 1. The first-order valence-electron chi connectivity index (χ1n) is 7.99. The van der Waals surface area contributed by atoms with Crippen molar-refractivity contribution in [2.24, 2.45) is 5.10 Å². The first kappa shape index (κ1) is 15.5. The molecule has 4 nitrogen and oxygen atoms in total. The minimum atomic E-state index is 0.467. The van der Waals surface area contributed by atoms with Gasteiger partial charge in [0.2, 0.25) is 4.77 Å². The Kier molecular flexibility index (Phi) is 3.99. The molecule has 0 aliphatic rings. The van der Waals surface area contributed by atoms with Gasteiger partial charge in [0.25, 0.3) is 0 Å². The summed E-state index contributed by atoms with van der Waals surface area (Å²) in [7, 11) is 0. The topological polar surface area (TPSA) is 46.0 Å². The number of fused-ring (bicyclic) bond motifs is 1. The van der Waals surface area contributed by atoms with E-state index < -0.39 is 0 Å². The molecule has 0 unspecified atom stereocenters. The van der Waals surface area contributed by atoms with Crippen LogP contribution in [0.1, 0.15) is 11.1 Å². The molecule has 0 spiro atoms. The number of nitrogens with zero attached hydrogens (tertiary/aromatic N) is 3. The minimum Gasteiger partial charge on any atom is -0.250 e. The third-order valence-electron chi connectivity index (χ3n) is 4.17. The Morgan fingerprint density at radius 3 is 2.64 bits per heavy atom. The summed E-state index contributed by atoms with van der Waals surface area (Å²) in [6.45, 7) is 2.05. The summed E-state index contributed by atoms with van der Waals surface area (Å²) >= 11 is 5.36. The second-order valence-electron chi connectivity index (χ2n) is 5.79. The van der Waals surface area contributed by atoms with Gasteiger partial charge in [-0.25, -0.2) is 5.10 Å². The van der Waals surface area contributed by atoms with Gasteiger partial charge in [-0.3, -0.25) is 0 Å². The molecular formula is C20H16N4S. The molecule has 4 aromatic rings. The van der Waals surface area contributed by atoms with Gasteiger partial charge < -0.3 is 0 Å². The van der Waals surface area contributed by atoms with Gasteiger partial charge in [-0.15, -0.1) is 0 Å². The van der Waals surface area contributed by atoms with E-state index in [0.29, 0.717) is 10.6 Å². The van der Waals surface area contributed by atoms with Crippen molar-refractivity contribution in [3.05, 3.63) is 82.6 Å². The Morgan fingerprint density at radius 2 is 1.76 bits per heavy atom. The second-order valence-corrected chi connectivity index (χ2v) is 6.18. The highest BCUT2D eigenvalue weighted by Crippen LogP contribution is 2.22. The first-order valence-corrected chi connectivity index (χ1v) is 8.40. The number of hydrogen-bond donors (Lipinski definition) is 1. The lowest BCUT2D eigenvalue weighted by Crippen LogP contribution is -1.96. The van der Waals surface area contributed by atoms with Crippen LogP contribution in [0.25, 0.3) is 22.2 Å². The number of rotatable bonds is 3. The standard InChI is InChI=1S/C20H16N4S/c1-14-7-2-4-11-17(14)19-22-23-20(25)24(19)21-13-16-10-6-9-15-8-3-5-12-18(15)16/h2-13H,1H3,(H,23,25)/b21-13+. The minimum absolute atomic E-state index is 0.467. The van der Waals surface area contributed by atoms with Crippen molar-refractivity contribution in [2.45, 2.75) is 6.92 Å². The van der Waals surface area contributed by atoms with E-state index in [9.17, 15) is 0 Å². The second kappa shape index (κ2) is 6.45. The van der Waals surface area contributed by atoms with E-state index in [0.717, 1.165) is 22.1 Å². The number of hydrogen-bond acceptors (Lipinski definition) is 3. The van der Waals surface area contributed by atoms with E-state index in [2.05, 4.69) is 33.5 Å². The predicted molar refractivity (Wildman–Crippen MR) is 105 cm³/mol. The van der Waals surface area contributed by atoms with Crippen LogP contribution in [0.4, 0.5) is 0 Å². The zero-order valence-corrected chi connectivity index (χ0v) is 14.5. The van der Waals surface area contributed by atoms with Gasteiger partial charge in [-0.05, 0) is 35.5 Å². The molecule has 0 aliphatic carbocycles. The van der Waals surface area contributed by atoms with Crippen molar-refractivity contribution in [3.63, 3.8) is 0 Å². The molecule has 1 heterocycles. The molecule has 3 aromatic carbocycles. The zero-order chi connectivity index (χ0) is 17.2. The maximum atomic E-state index is 5.36. The van der Waals surface area contributed by atoms with Crippen molar-refractivity contribution < 1.29 is 0 Å². The molecule has 0 atom stereocenters. The normalized spacial score (nSPS) is 11.4.